The predicted molar refractivity (Wildman–Crippen MR) is 56.3 cm³/mol. The van der Waals surface area contributed by atoms with Crippen LogP contribution >= 0.6 is 11.6 Å². The fraction of sp³-hybridized carbons (Fsp3) is 0.455. The van der Waals surface area contributed by atoms with Crippen LogP contribution in [-0.4, -0.2) is 13.1 Å². The fourth-order valence-corrected chi connectivity index (χ4v) is 2.13. The van der Waals surface area contributed by atoms with Crippen molar-refractivity contribution in [2.45, 2.75) is 18.8 Å². The van der Waals surface area contributed by atoms with E-state index in [1.54, 1.807) is 6.07 Å². The molecule has 1 aromatic rings. The first-order valence-corrected chi connectivity index (χ1v) is 5.31. The van der Waals surface area contributed by atoms with Gasteiger partial charge in [0.05, 0.1) is 5.02 Å². The zero-order chi connectivity index (χ0) is 9.97. The van der Waals surface area contributed by atoms with Crippen molar-refractivity contribution in [3.8, 4) is 0 Å². The molecular weight excluding hydrogens is 201 g/mol. The van der Waals surface area contributed by atoms with Crippen molar-refractivity contribution in [2.75, 3.05) is 13.1 Å². The minimum absolute atomic E-state index is 0.230. The molecule has 0 saturated carbocycles. The van der Waals surface area contributed by atoms with Gasteiger partial charge in [-0.1, -0.05) is 23.7 Å². The Morgan fingerprint density at radius 2 is 2.29 bits per heavy atom. The van der Waals surface area contributed by atoms with Crippen LogP contribution in [0, 0.1) is 5.82 Å². The van der Waals surface area contributed by atoms with Gasteiger partial charge >= 0.3 is 0 Å². The van der Waals surface area contributed by atoms with Crippen molar-refractivity contribution in [1.29, 1.82) is 0 Å². The van der Waals surface area contributed by atoms with E-state index in [9.17, 15) is 4.39 Å². The third-order valence-corrected chi connectivity index (χ3v) is 3.01. The first-order chi connectivity index (χ1) is 6.79. The third-order valence-electron chi connectivity index (χ3n) is 2.72. The molecule has 1 aromatic carbocycles. The van der Waals surface area contributed by atoms with Gasteiger partial charge in [0.1, 0.15) is 5.82 Å². The molecule has 14 heavy (non-hydrogen) atoms. The average Bonchev–Trinajstić information content (AvgIpc) is 2.23. The topological polar surface area (TPSA) is 12.0 Å². The second kappa shape index (κ2) is 4.28. The van der Waals surface area contributed by atoms with E-state index in [-0.39, 0.29) is 16.8 Å². The molecule has 76 valence electrons. The van der Waals surface area contributed by atoms with Crippen molar-refractivity contribution in [3.63, 3.8) is 0 Å². The Balaban J connectivity index is 2.26. The number of benzene rings is 1. The molecule has 1 saturated heterocycles. The molecule has 1 atom stereocenters. The molecule has 1 fully saturated rings. The minimum Gasteiger partial charge on any atom is -0.316 e. The summed E-state index contributed by atoms with van der Waals surface area (Å²) in [6, 6.07) is 5.24. The van der Waals surface area contributed by atoms with E-state index in [1.807, 2.05) is 12.1 Å². The Morgan fingerprint density at radius 3 is 3.00 bits per heavy atom. The summed E-state index contributed by atoms with van der Waals surface area (Å²) < 4.78 is 13.6. The Bertz CT molecular complexity index is 321. The van der Waals surface area contributed by atoms with Gasteiger partial charge in [-0.2, -0.15) is 0 Å². The zero-order valence-corrected chi connectivity index (χ0v) is 8.65. The lowest BCUT2D eigenvalue weighted by Gasteiger charge is -2.23. The van der Waals surface area contributed by atoms with Gasteiger partial charge in [-0.05, 0) is 36.9 Å². The molecule has 0 bridgehead atoms. The van der Waals surface area contributed by atoms with Crippen LogP contribution in [0.5, 0.6) is 0 Å². The van der Waals surface area contributed by atoms with E-state index in [2.05, 4.69) is 5.32 Å². The van der Waals surface area contributed by atoms with Gasteiger partial charge in [0, 0.05) is 6.54 Å². The molecule has 0 amide bonds. The first-order valence-electron chi connectivity index (χ1n) is 4.93. The number of rotatable bonds is 1. The summed E-state index contributed by atoms with van der Waals surface area (Å²) in [6.07, 6.45) is 2.15. The van der Waals surface area contributed by atoms with Gasteiger partial charge in [0.15, 0.2) is 0 Å². The van der Waals surface area contributed by atoms with Crippen LogP contribution in [0.2, 0.25) is 5.02 Å². The van der Waals surface area contributed by atoms with Crippen LogP contribution in [-0.2, 0) is 0 Å². The highest BCUT2D eigenvalue weighted by molar-refractivity contribution is 6.30. The Hall–Kier alpha value is -0.600. The van der Waals surface area contributed by atoms with Gasteiger partial charge in [-0.25, -0.2) is 4.39 Å². The first kappa shape index (κ1) is 9.94. The summed E-state index contributed by atoms with van der Waals surface area (Å²) in [6.45, 7) is 1.90. The molecule has 3 heteroatoms. The highest BCUT2D eigenvalue weighted by Crippen LogP contribution is 2.28. The lowest BCUT2D eigenvalue weighted by Crippen LogP contribution is -2.28. The maximum absolute atomic E-state index is 13.6. The molecule has 1 N–H and O–H groups in total. The van der Waals surface area contributed by atoms with Gasteiger partial charge in [0.2, 0.25) is 0 Å². The van der Waals surface area contributed by atoms with Crippen molar-refractivity contribution in [2.24, 2.45) is 0 Å². The second-order valence-electron chi connectivity index (χ2n) is 3.69. The lowest BCUT2D eigenvalue weighted by molar-refractivity contribution is 0.446. The molecule has 0 aromatic heterocycles. The molecule has 1 aliphatic heterocycles. The largest absolute Gasteiger partial charge is 0.316 e. The van der Waals surface area contributed by atoms with E-state index in [0.717, 1.165) is 31.5 Å². The third kappa shape index (κ3) is 1.91. The molecule has 0 unspecified atom stereocenters. The summed E-state index contributed by atoms with van der Waals surface area (Å²) in [7, 11) is 0. The van der Waals surface area contributed by atoms with E-state index in [4.69, 9.17) is 11.6 Å². The van der Waals surface area contributed by atoms with Gasteiger partial charge in [-0.15, -0.1) is 0 Å². The molecule has 0 spiro atoms. The predicted octanol–water partition coefficient (Wildman–Crippen LogP) is 2.95. The maximum atomic E-state index is 13.6. The van der Waals surface area contributed by atoms with Crippen LogP contribution in [0.15, 0.2) is 18.2 Å². The van der Waals surface area contributed by atoms with Crippen molar-refractivity contribution in [3.05, 3.63) is 34.6 Å². The van der Waals surface area contributed by atoms with E-state index in [1.165, 1.54) is 0 Å². The second-order valence-corrected chi connectivity index (χ2v) is 4.09. The summed E-state index contributed by atoms with van der Waals surface area (Å²) >= 11 is 5.74. The number of hydrogen-bond donors (Lipinski definition) is 1. The molecule has 0 radical (unpaired) electrons. The Morgan fingerprint density at radius 1 is 1.43 bits per heavy atom. The van der Waals surface area contributed by atoms with Crippen LogP contribution in [0.3, 0.4) is 0 Å². The highest BCUT2D eigenvalue weighted by Gasteiger charge is 2.19. The Labute approximate surface area is 88.3 Å². The normalized spacial score (nSPS) is 22.3. The summed E-state index contributed by atoms with van der Waals surface area (Å²) in [5.41, 5.74) is 0.754. The number of halogens is 2. The standard InChI is InChI=1S/C11H13ClFN/c12-10-5-1-4-9(11(10)13)8-3-2-6-14-7-8/h1,4-5,8,14H,2-3,6-7H2/t8-/m1/s1. The number of piperidine rings is 1. The average molecular weight is 214 g/mol. The van der Waals surface area contributed by atoms with Crippen LogP contribution < -0.4 is 5.32 Å². The smallest absolute Gasteiger partial charge is 0.145 e. The fourth-order valence-electron chi connectivity index (χ4n) is 1.95. The summed E-state index contributed by atoms with van der Waals surface area (Å²) in [5, 5.41) is 3.50. The molecule has 1 nitrogen and oxygen atoms in total. The summed E-state index contributed by atoms with van der Waals surface area (Å²) in [4.78, 5) is 0. The zero-order valence-electron chi connectivity index (χ0n) is 7.89. The van der Waals surface area contributed by atoms with Crippen LogP contribution in [0.4, 0.5) is 4.39 Å². The quantitative estimate of drug-likeness (QED) is 0.757. The van der Waals surface area contributed by atoms with E-state index in [0.29, 0.717) is 0 Å². The lowest BCUT2D eigenvalue weighted by atomic mass is 9.91. The minimum atomic E-state index is -0.247. The monoisotopic (exact) mass is 213 g/mol. The van der Waals surface area contributed by atoms with Gasteiger partial charge < -0.3 is 5.32 Å². The van der Waals surface area contributed by atoms with Gasteiger partial charge in [-0.3, -0.25) is 0 Å². The molecule has 2 rings (SSSR count). The van der Waals surface area contributed by atoms with E-state index < -0.39 is 0 Å². The van der Waals surface area contributed by atoms with Crippen molar-refractivity contribution >= 4 is 11.6 Å². The summed E-state index contributed by atoms with van der Waals surface area (Å²) in [5.74, 6) is 0.0327. The van der Waals surface area contributed by atoms with E-state index >= 15 is 0 Å². The molecule has 0 aliphatic carbocycles. The van der Waals surface area contributed by atoms with Crippen molar-refractivity contribution in [1.82, 2.24) is 5.32 Å². The SMILES string of the molecule is Fc1c(Cl)cccc1[C@@H]1CCCNC1. The molecule has 1 heterocycles. The Kier molecular flexibility index (Phi) is 3.04. The number of nitrogens with one attached hydrogen (secondary N) is 1. The maximum Gasteiger partial charge on any atom is 0.145 e. The number of hydrogen-bond acceptors (Lipinski definition) is 1. The van der Waals surface area contributed by atoms with Crippen molar-refractivity contribution < 1.29 is 4.39 Å². The molecule has 1 aliphatic rings. The van der Waals surface area contributed by atoms with Crippen LogP contribution in [0.1, 0.15) is 24.3 Å². The molecular formula is C11H13ClFN. The highest BCUT2D eigenvalue weighted by atomic mass is 35.5. The van der Waals surface area contributed by atoms with Crippen LogP contribution in [0.25, 0.3) is 0 Å². The van der Waals surface area contributed by atoms with Gasteiger partial charge in [0.25, 0.3) is 0 Å².